The Kier molecular flexibility index (Phi) is 5.94. The number of hydrogen-bond acceptors (Lipinski definition) is 6. The number of imidazole rings is 1. The average Bonchev–Trinajstić information content (AvgIpc) is 2.96. The van der Waals surface area contributed by atoms with E-state index in [9.17, 15) is 8.42 Å². The smallest absolute Gasteiger partial charge is 0.450 e. The number of carboxylic acid groups (broad SMARTS) is 2. The Labute approximate surface area is 171 Å². The van der Waals surface area contributed by atoms with E-state index in [1.807, 2.05) is 30.3 Å². The van der Waals surface area contributed by atoms with Crippen LogP contribution in [0.4, 0.5) is 4.79 Å². The predicted octanol–water partition coefficient (Wildman–Crippen LogP) is 2.77. The normalized spacial score (nSPS) is 20.8. The Morgan fingerprint density at radius 3 is 2.59 bits per heavy atom. The summed E-state index contributed by atoms with van der Waals surface area (Å²) < 4.78 is 35.3. The van der Waals surface area contributed by atoms with Gasteiger partial charge in [0.1, 0.15) is 0 Å². The van der Waals surface area contributed by atoms with Crippen LogP contribution in [0.25, 0.3) is 4.96 Å². The monoisotopic (exact) mass is 439 g/mol. The maximum Gasteiger partial charge on any atom is 0.503 e. The zero-order valence-electron chi connectivity index (χ0n) is 15.8. The minimum atomic E-state index is -3.56. The van der Waals surface area contributed by atoms with Gasteiger partial charge in [-0.3, -0.25) is 4.40 Å². The molecule has 0 spiro atoms. The number of ether oxygens (including phenoxy) is 1. The first-order valence-corrected chi connectivity index (χ1v) is 10.9. The molecule has 156 valence electrons. The number of fused-ring (bicyclic) bond motifs is 1. The van der Waals surface area contributed by atoms with E-state index in [1.54, 1.807) is 23.9 Å². The van der Waals surface area contributed by atoms with Crippen molar-refractivity contribution in [3.05, 3.63) is 54.0 Å². The van der Waals surface area contributed by atoms with E-state index in [2.05, 4.69) is 16.6 Å². The highest BCUT2D eigenvalue weighted by molar-refractivity contribution is 7.91. The molecule has 0 bridgehead atoms. The summed E-state index contributed by atoms with van der Waals surface area (Å²) in [6.07, 6.45) is 2.37. The lowest BCUT2D eigenvalue weighted by Crippen LogP contribution is -2.29. The first-order chi connectivity index (χ1) is 13.7. The number of nitrogens with one attached hydrogen (secondary N) is 1. The molecule has 0 saturated heterocycles. The maximum absolute atomic E-state index is 12.7. The standard InChI is InChI=1S/C17H19N3O3S2.CH2O3/c1-17(12-6-4-3-5-7-12)8-14(17)19-25(21,22)15-10-20-9-13(11-23-2)18-16(20)24-15;2-1(3)4/h3-7,9-10,14,19H,8,11H2,1-2H3;(H2,2,3,4)/t14-,17+;/m0./s1. The van der Waals surface area contributed by atoms with Gasteiger partial charge in [0.25, 0.3) is 10.0 Å². The van der Waals surface area contributed by atoms with Crippen molar-refractivity contribution < 1.29 is 28.2 Å². The highest BCUT2D eigenvalue weighted by Gasteiger charge is 2.53. The minimum Gasteiger partial charge on any atom is -0.450 e. The molecule has 4 rings (SSSR count). The first kappa shape index (κ1) is 21.2. The second-order valence-electron chi connectivity index (χ2n) is 6.85. The van der Waals surface area contributed by atoms with E-state index in [0.29, 0.717) is 11.6 Å². The number of benzene rings is 1. The molecule has 0 aliphatic heterocycles. The molecule has 29 heavy (non-hydrogen) atoms. The van der Waals surface area contributed by atoms with Gasteiger partial charge in [-0.15, -0.1) is 0 Å². The van der Waals surface area contributed by atoms with Crippen molar-refractivity contribution in [3.8, 4) is 0 Å². The van der Waals surface area contributed by atoms with Crippen molar-refractivity contribution in [1.29, 1.82) is 0 Å². The molecule has 1 aliphatic rings. The molecular formula is C18H21N3O6S2. The summed E-state index contributed by atoms with van der Waals surface area (Å²) in [6, 6.07) is 9.94. The highest BCUT2D eigenvalue weighted by Crippen LogP contribution is 2.48. The number of thiazole rings is 1. The number of nitrogens with zero attached hydrogens (tertiary/aromatic N) is 2. The summed E-state index contributed by atoms with van der Waals surface area (Å²) in [5.41, 5.74) is 1.80. The predicted molar refractivity (Wildman–Crippen MR) is 107 cm³/mol. The molecule has 2 atom stereocenters. The molecule has 2 aromatic heterocycles. The number of hydrogen-bond donors (Lipinski definition) is 3. The Hall–Kier alpha value is -2.47. The van der Waals surface area contributed by atoms with E-state index in [0.717, 1.165) is 29.0 Å². The van der Waals surface area contributed by atoms with Gasteiger partial charge in [0.2, 0.25) is 0 Å². The molecule has 3 N–H and O–H groups in total. The molecule has 1 aliphatic carbocycles. The van der Waals surface area contributed by atoms with E-state index in [-0.39, 0.29) is 15.7 Å². The molecule has 0 radical (unpaired) electrons. The highest BCUT2D eigenvalue weighted by atomic mass is 32.2. The van der Waals surface area contributed by atoms with Gasteiger partial charge >= 0.3 is 6.16 Å². The van der Waals surface area contributed by atoms with Crippen LogP contribution in [0.3, 0.4) is 0 Å². The first-order valence-electron chi connectivity index (χ1n) is 8.62. The molecule has 3 aromatic rings. The molecule has 1 aromatic carbocycles. The number of sulfonamides is 1. The Bertz CT molecular complexity index is 1070. The van der Waals surface area contributed by atoms with Crippen molar-refractivity contribution in [2.75, 3.05) is 7.11 Å². The SMILES string of the molecule is COCc1cn2cc(S(=O)(=O)N[C@H]3C[C@]3(C)c3ccccc3)sc2n1.O=C(O)O. The molecule has 1 fully saturated rings. The molecular weight excluding hydrogens is 418 g/mol. The summed E-state index contributed by atoms with van der Waals surface area (Å²) in [4.78, 5) is 13.6. The lowest BCUT2D eigenvalue weighted by atomic mass is 9.98. The van der Waals surface area contributed by atoms with Crippen LogP contribution in [0.15, 0.2) is 46.9 Å². The summed E-state index contributed by atoms with van der Waals surface area (Å²) in [5.74, 6) is 0. The maximum atomic E-state index is 12.7. The number of carbonyl (C=O) groups is 1. The van der Waals surface area contributed by atoms with Gasteiger partial charge in [0.15, 0.2) is 9.17 Å². The van der Waals surface area contributed by atoms with E-state index in [4.69, 9.17) is 19.7 Å². The molecule has 9 nitrogen and oxygen atoms in total. The summed E-state index contributed by atoms with van der Waals surface area (Å²) >= 11 is 1.16. The van der Waals surface area contributed by atoms with Crippen LogP contribution in [-0.4, -0.2) is 47.3 Å². The fourth-order valence-electron chi connectivity index (χ4n) is 3.08. The molecule has 0 unspecified atom stereocenters. The van der Waals surface area contributed by atoms with Crippen LogP contribution in [0.5, 0.6) is 0 Å². The minimum absolute atomic E-state index is 0.0848. The van der Waals surface area contributed by atoms with Crippen LogP contribution >= 0.6 is 11.3 Å². The van der Waals surface area contributed by atoms with Gasteiger partial charge < -0.3 is 14.9 Å². The number of rotatable bonds is 6. The zero-order valence-corrected chi connectivity index (χ0v) is 17.4. The van der Waals surface area contributed by atoms with Gasteiger partial charge in [-0.2, -0.15) is 0 Å². The van der Waals surface area contributed by atoms with E-state index in [1.165, 1.54) is 0 Å². The van der Waals surface area contributed by atoms with Crippen molar-refractivity contribution in [2.24, 2.45) is 0 Å². The summed E-state index contributed by atoms with van der Waals surface area (Å²) in [7, 11) is -1.95. The van der Waals surface area contributed by atoms with Gasteiger partial charge in [-0.05, 0) is 12.0 Å². The van der Waals surface area contributed by atoms with Crippen LogP contribution in [-0.2, 0) is 26.8 Å². The molecule has 11 heteroatoms. The summed E-state index contributed by atoms with van der Waals surface area (Å²) in [6.45, 7) is 2.50. The lowest BCUT2D eigenvalue weighted by Gasteiger charge is -2.12. The largest absolute Gasteiger partial charge is 0.503 e. The molecule has 2 heterocycles. The van der Waals surface area contributed by atoms with Crippen molar-refractivity contribution in [2.45, 2.75) is 35.6 Å². The molecule has 0 amide bonds. The Morgan fingerprint density at radius 1 is 1.34 bits per heavy atom. The van der Waals surface area contributed by atoms with Crippen molar-refractivity contribution in [3.63, 3.8) is 0 Å². The number of aromatic nitrogens is 2. The van der Waals surface area contributed by atoms with Crippen molar-refractivity contribution in [1.82, 2.24) is 14.1 Å². The van der Waals surface area contributed by atoms with Crippen LogP contribution < -0.4 is 4.72 Å². The van der Waals surface area contributed by atoms with E-state index < -0.39 is 16.2 Å². The van der Waals surface area contributed by atoms with Gasteiger partial charge in [-0.25, -0.2) is 22.9 Å². The fraction of sp³-hybridized carbons (Fsp3) is 0.333. The van der Waals surface area contributed by atoms with Crippen LogP contribution in [0.2, 0.25) is 0 Å². The van der Waals surface area contributed by atoms with E-state index >= 15 is 0 Å². The quantitative estimate of drug-likeness (QED) is 0.538. The van der Waals surface area contributed by atoms with Crippen molar-refractivity contribution >= 4 is 32.5 Å². The average molecular weight is 440 g/mol. The van der Waals surface area contributed by atoms with Gasteiger partial charge in [0, 0.05) is 31.0 Å². The topological polar surface area (TPSA) is 130 Å². The summed E-state index contributed by atoms with van der Waals surface area (Å²) in [5, 5.41) is 13.9. The molecule has 1 saturated carbocycles. The Morgan fingerprint density at radius 2 is 2.00 bits per heavy atom. The van der Waals surface area contributed by atoms with Crippen LogP contribution in [0.1, 0.15) is 24.6 Å². The zero-order chi connectivity index (χ0) is 21.2. The number of methoxy groups -OCH3 is 1. The second-order valence-corrected chi connectivity index (χ2v) is 9.80. The third kappa shape index (κ3) is 4.75. The van der Waals surface area contributed by atoms with Crippen LogP contribution in [0, 0.1) is 0 Å². The lowest BCUT2D eigenvalue weighted by molar-refractivity contribution is 0.137. The third-order valence-corrected chi connectivity index (χ3v) is 7.64. The van der Waals surface area contributed by atoms with Gasteiger partial charge in [0.05, 0.1) is 12.3 Å². The third-order valence-electron chi connectivity index (χ3n) is 4.71. The Balaban J connectivity index is 0.000000552. The van der Waals surface area contributed by atoms with Gasteiger partial charge in [-0.1, -0.05) is 48.6 Å². The fourth-order valence-corrected chi connectivity index (χ4v) is 5.70. The second kappa shape index (κ2) is 8.11.